The monoisotopic (exact) mass is 382 g/mol. The summed E-state index contributed by atoms with van der Waals surface area (Å²) in [5, 5.41) is 2.70. The van der Waals surface area contributed by atoms with Crippen molar-refractivity contribution in [3.05, 3.63) is 54.3 Å². The van der Waals surface area contributed by atoms with Crippen molar-refractivity contribution in [2.75, 3.05) is 24.7 Å². The number of hydrogen-bond acceptors (Lipinski definition) is 4. The maximum absolute atomic E-state index is 13.0. The molecule has 0 heterocycles. The third kappa shape index (κ3) is 5.04. The molecule has 0 radical (unpaired) electrons. The zero-order chi connectivity index (χ0) is 18.4. The van der Waals surface area contributed by atoms with Crippen LogP contribution in [0.5, 0.6) is 0 Å². The summed E-state index contributed by atoms with van der Waals surface area (Å²) < 4.78 is 39.2. The third-order valence-corrected chi connectivity index (χ3v) is 6.14. The molecule has 0 aliphatic heterocycles. The maximum atomic E-state index is 13.0. The van der Waals surface area contributed by atoms with E-state index >= 15 is 0 Å². The molecule has 134 valence electrons. The Labute approximate surface area is 151 Å². The van der Waals surface area contributed by atoms with Crippen molar-refractivity contribution < 1.29 is 17.6 Å². The number of benzene rings is 2. The summed E-state index contributed by atoms with van der Waals surface area (Å²) >= 11 is 1.54. The largest absolute Gasteiger partial charge is 0.325 e. The van der Waals surface area contributed by atoms with Gasteiger partial charge in [-0.2, -0.15) is 4.31 Å². The van der Waals surface area contributed by atoms with Crippen LogP contribution in [0.1, 0.15) is 6.92 Å². The fourth-order valence-corrected chi connectivity index (χ4v) is 4.05. The van der Waals surface area contributed by atoms with E-state index in [9.17, 15) is 17.6 Å². The van der Waals surface area contributed by atoms with Crippen LogP contribution in [0.4, 0.5) is 10.1 Å². The first kappa shape index (κ1) is 19.4. The summed E-state index contributed by atoms with van der Waals surface area (Å²) in [6.07, 6.45) is 1.93. The smallest absolute Gasteiger partial charge is 0.243 e. The van der Waals surface area contributed by atoms with Gasteiger partial charge in [0.1, 0.15) is 5.82 Å². The first-order chi connectivity index (χ1) is 11.9. The Morgan fingerprint density at radius 1 is 1.20 bits per heavy atom. The van der Waals surface area contributed by atoms with Gasteiger partial charge < -0.3 is 5.32 Å². The highest BCUT2D eigenvalue weighted by Gasteiger charge is 2.25. The number of sulfonamides is 1. The molecule has 2 rings (SSSR count). The Morgan fingerprint density at radius 2 is 1.88 bits per heavy atom. The van der Waals surface area contributed by atoms with Gasteiger partial charge in [-0.25, -0.2) is 12.8 Å². The molecule has 0 aliphatic rings. The molecule has 2 aromatic rings. The topological polar surface area (TPSA) is 66.5 Å². The summed E-state index contributed by atoms with van der Waals surface area (Å²) in [4.78, 5) is 13.2. The van der Waals surface area contributed by atoms with E-state index in [4.69, 9.17) is 0 Å². The molecular weight excluding hydrogens is 363 g/mol. The Hall–Kier alpha value is -1.90. The zero-order valence-electron chi connectivity index (χ0n) is 13.9. The van der Waals surface area contributed by atoms with E-state index in [1.165, 1.54) is 12.1 Å². The van der Waals surface area contributed by atoms with Crippen molar-refractivity contribution in [1.29, 1.82) is 0 Å². The average molecular weight is 382 g/mol. The van der Waals surface area contributed by atoms with Crippen LogP contribution in [0, 0.1) is 5.82 Å². The van der Waals surface area contributed by atoms with Crippen LogP contribution in [0.3, 0.4) is 0 Å². The summed E-state index contributed by atoms with van der Waals surface area (Å²) in [5.41, 5.74) is 0.604. The van der Waals surface area contributed by atoms with Gasteiger partial charge in [-0.15, -0.1) is 11.8 Å². The van der Waals surface area contributed by atoms with E-state index in [0.29, 0.717) is 5.69 Å². The van der Waals surface area contributed by atoms with Gasteiger partial charge in [0.15, 0.2) is 0 Å². The summed E-state index contributed by atoms with van der Waals surface area (Å²) in [7, 11) is -3.87. The molecule has 0 atom stereocenters. The number of likely N-dealkylation sites (N-methyl/N-ethyl adjacent to an activating group) is 1. The number of nitrogens with one attached hydrogen (secondary N) is 1. The quantitative estimate of drug-likeness (QED) is 0.747. The van der Waals surface area contributed by atoms with E-state index < -0.39 is 21.7 Å². The molecule has 0 fully saturated rings. The molecule has 0 unspecified atom stereocenters. The first-order valence-corrected chi connectivity index (χ1v) is 10.2. The van der Waals surface area contributed by atoms with Crippen LogP contribution >= 0.6 is 11.8 Å². The first-order valence-electron chi connectivity index (χ1n) is 7.56. The van der Waals surface area contributed by atoms with Gasteiger partial charge in [-0.1, -0.05) is 13.0 Å². The van der Waals surface area contributed by atoms with Gasteiger partial charge in [0.25, 0.3) is 0 Å². The molecule has 8 heteroatoms. The molecule has 0 aliphatic carbocycles. The second-order valence-electron chi connectivity index (χ2n) is 5.17. The number of halogens is 1. The Bertz CT molecular complexity index is 839. The molecule has 0 spiro atoms. The Balaban J connectivity index is 2.12. The average Bonchev–Trinajstić information content (AvgIpc) is 2.60. The molecule has 1 amide bonds. The number of rotatable bonds is 7. The minimum absolute atomic E-state index is 0.0482. The zero-order valence-corrected chi connectivity index (χ0v) is 15.5. The van der Waals surface area contributed by atoms with Crippen LogP contribution in [0.15, 0.2) is 58.3 Å². The molecular formula is C17H19FN2O3S2. The number of amides is 1. The second-order valence-corrected chi connectivity index (χ2v) is 7.98. The molecule has 1 N–H and O–H groups in total. The predicted molar refractivity (Wildman–Crippen MR) is 97.7 cm³/mol. The highest BCUT2D eigenvalue weighted by atomic mass is 32.2. The van der Waals surface area contributed by atoms with Crippen LogP contribution in [-0.2, 0) is 14.8 Å². The van der Waals surface area contributed by atoms with Gasteiger partial charge in [0.2, 0.25) is 15.9 Å². The van der Waals surface area contributed by atoms with Crippen LogP contribution < -0.4 is 5.32 Å². The van der Waals surface area contributed by atoms with Crippen LogP contribution in [0.25, 0.3) is 0 Å². The van der Waals surface area contributed by atoms with E-state index in [1.807, 2.05) is 24.5 Å². The molecule has 5 nitrogen and oxygen atoms in total. The van der Waals surface area contributed by atoms with Crippen molar-refractivity contribution in [2.24, 2.45) is 0 Å². The predicted octanol–water partition coefficient (Wildman–Crippen LogP) is 3.20. The van der Waals surface area contributed by atoms with Gasteiger partial charge in [0.05, 0.1) is 11.4 Å². The molecule has 25 heavy (non-hydrogen) atoms. The molecule has 0 aromatic heterocycles. The van der Waals surface area contributed by atoms with Crippen molar-refractivity contribution in [3.63, 3.8) is 0 Å². The van der Waals surface area contributed by atoms with Crippen molar-refractivity contribution in [1.82, 2.24) is 4.31 Å². The fourth-order valence-electron chi connectivity index (χ4n) is 2.18. The number of carbonyl (C=O) groups is 1. The van der Waals surface area contributed by atoms with E-state index in [0.717, 1.165) is 21.3 Å². The summed E-state index contributed by atoms with van der Waals surface area (Å²) in [6, 6.07) is 11.8. The van der Waals surface area contributed by atoms with Crippen LogP contribution in [0.2, 0.25) is 0 Å². The van der Waals surface area contributed by atoms with Gasteiger partial charge in [0, 0.05) is 17.1 Å². The lowest BCUT2D eigenvalue weighted by Gasteiger charge is -2.20. The standard InChI is InChI=1S/C17H19FN2O3S2/c1-3-20(25(22,23)16-9-7-13(18)8-10-16)12-17(21)19-14-5-4-6-15(11-14)24-2/h4-11H,3,12H2,1-2H3,(H,19,21). The molecule has 2 aromatic carbocycles. The Kier molecular flexibility index (Phi) is 6.57. The minimum atomic E-state index is -3.87. The van der Waals surface area contributed by atoms with Crippen molar-refractivity contribution in [3.8, 4) is 0 Å². The Morgan fingerprint density at radius 3 is 2.48 bits per heavy atom. The summed E-state index contributed by atoms with van der Waals surface area (Å²) in [6.45, 7) is 1.44. The SMILES string of the molecule is CCN(CC(=O)Nc1cccc(SC)c1)S(=O)(=O)c1ccc(F)cc1. The lowest BCUT2D eigenvalue weighted by molar-refractivity contribution is -0.116. The lowest BCUT2D eigenvalue weighted by atomic mass is 10.3. The summed E-state index contributed by atoms with van der Waals surface area (Å²) in [5.74, 6) is -0.959. The number of hydrogen-bond donors (Lipinski definition) is 1. The number of thioether (sulfide) groups is 1. The van der Waals surface area contributed by atoms with Crippen LogP contribution in [-0.4, -0.2) is 38.0 Å². The molecule has 0 saturated carbocycles. The van der Waals surface area contributed by atoms with E-state index in [2.05, 4.69) is 5.32 Å². The highest BCUT2D eigenvalue weighted by molar-refractivity contribution is 7.98. The van der Waals surface area contributed by atoms with E-state index in [-0.39, 0.29) is 18.0 Å². The molecule has 0 saturated heterocycles. The minimum Gasteiger partial charge on any atom is -0.325 e. The van der Waals surface area contributed by atoms with Gasteiger partial charge >= 0.3 is 0 Å². The van der Waals surface area contributed by atoms with Crippen molar-refractivity contribution in [2.45, 2.75) is 16.7 Å². The fraction of sp³-hybridized carbons (Fsp3) is 0.235. The van der Waals surface area contributed by atoms with Crippen molar-refractivity contribution >= 4 is 33.4 Å². The number of nitrogens with zero attached hydrogens (tertiary/aromatic N) is 1. The van der Waals surface area contributed by atoms with Gasteiger partial charge in [-0.3, -0.25) is 4.79 Å². The highest BCUT2D eigenvalue weighted by Crippen LogP contribution is 2.20. The molecule has 0 bridgehead atoms. The third-order valence-electron chi connectivity index (χ3n) is 3.48. The van der Waals surface area contributed by atoms with Gasteiger partial charge in [-0.05, 0) is 48.7 Å². The lowest BCUT2D eigenvalue weighted by Crippen LogP contribution is -2.37. The van der Waals surface area contributed by atoms with E-state index in [1.54, 1.807) is 24.8 Å². The normalized spacial score (nSPS) is 11.5. The number of carbonyl (C=O) groups excluding carboxylic acids is 1. The number of anilines is 1. The second kappa shape index (κ2) is 8.46. The maximum Gasteiger partial charge on any atom is 0.243 e.